The fraction of sp³-hybridized carbons (Fsp3) is 0.375. The van der Waals surface area contributed by atoms with Gasteiger partial charge in [0.05, 0.1) is 21.2 Å². The van der Waals surface area contributed by atoms with Crippen LogP contribution in [0.3, 0.4) is 0 Å². The maximum Gasteiger partial charge on any atom is 0.417 e. The van der Waals surface area contributed by atoms with E-state index >= 15 is 0 Å². The molecule has 0 radical (unpaired) electrons. The molecule has 1 saturated carbocycles. The highest BCUT2D eigenvalue weighted by atomic mass is 35.5. The average molecular weight is 650 g/mol. The van der Waals surface area contributed by atoms with Crippen LogP contribution in [-0.4, -0.2) is 43.8 Å². The molecule has 1 aliphatic carbocycles. The lowest BCUT2D eigenvalue weighted by atomic mass is 10.1. The van der Waals surface area contributed by atoms with E-state index in [4.69, 9.17) is 11.6 Å². The van der Waals surface area contributed by atoms with Gasteiger partial charge in [0.25, 0.3) is 10.0 Å². The highest BCUT2D eigenvalue weighted by Gasteiger charge is 2.37. The number of hydrogen-bond donors (Lipinski definition) is 1. The molecule has 1 N–H and O–H groups in total. The van der Waals surface area contributed by atoms with Gasteiger partial charge in [-0.3, -0.25) is 13.9 Å². The molecule has 44 heavy (non-hydrogen) atoms. The van der Waals surface area contributed by atoms with Gasteiger partial charge in [0, 0.05) is 12.6 Å². The molecule has 1 unspecified atom stereocenters. The largest absolute Gasteiger partial charge is 0.417 e. The molecule has 7 nitrogen and oxygen atoms in total. The summed E-state index contributed by atoms with van der Waals surface area (Å²) in [4.78, 5) is 28.4. The molecule has 3 aromatic carbocycles. The van der Waals surface area contributed by atoms with Gasteiger partial charge in [-0.15, -0.1) is 0 Å². The van der Waals surface area contributed by atoms with E-state index in [2.05, 4.69) is 5.32 Å². The number of nitrogens with zero attached hydrogens (tertiary/aromatic N) is 2. The number of alkyl halides is 3. The van der Waals surface area contributed by atoms with Crippen LogP contribution in [0.2, 0.25) is 5.02 Å². The smallest absolute Gasteiger partial charge is 0.352 e. The highest BCUT2D eigenvalue weighted by molar-refractivity contribution is 7.92. The van der Waals surface area contributed by atoms with Crippen molar-refractivity contribution in [3.05, 3.63) is 94.0 Å². The van der Waals surface area contributed by atoms with Crippen molar-refractivity contribution in [1.82, 2.24) is 10.2 Å². The predicted molar refractivity (Wildman–Crippen MR) is 164 cm³/mol. The number of aryl methyl sites for hydroxylation is 2. The zero-order chi connectivity index (χ0) is 32.2. The van der Waals surface area contributed by atoms with Gasteiger partial charge in [-0.1, -0.05) is 72.0 Å². The molecule has 1 aliphatic rings. The van der Waals surface area contributed by atoms with Crippen molar-refractivity contribution in [1.29, 1.82) is 0 Å². The third-order valence-electron chi connectivity index (χ3n) is 7.74. The van der Waals surface area contributed by atoms with Gasteiger partial charge >= 0.3 is 6.18 Å². The van der Waals surface area contributed by atoms with Gasteiger partial charge < -0.3 is 10.2 Å². The summed E-state index contributed by atoms with van der Waals surface area (Å²) in [5.41, 5.74) is 0.757. The molecular weight excluding hydrogens is 615 g/mol. The Balaban J connectivity index is 1.76. The molecule has 0 aromatic heterocycles. The Bertz CT molecular complexity index is 1610. The van der Waals surface area contributed by atoms with Gasteiger partial charge in [0.2, 0.25) is 11.8 Å². The quantitative estimate of drug-likeness (QED) is 0.267. The van der Waals surface area contributed by atoms with Crippen molar-refractivity contribution in [3.63, 3.8) is 0 Å². The van der Waals surface area contributed by atoms with E-state index in [1.165, 1.54) is 17.0 Å². The maximum absolute atomic E-state index is 14.1. The van der Waals surface area contributed by atoms with Crippen LogP contribution in [0, 0.1) is 13.8 Å². The lowest BCUT2D eigenvalue weighted by Crippen LogP contribution is -2.52. The Morgan fingerprint density at radius 1 is 0.977 bits per heavy atom. The number of nitrogens with one attached hydrogen (secondary N) is 1. The topological polar surface area (TPSA) is 86.8 Å². The molecule has 0 heterocycles. The number of halogens is 4. The van der Waals surface area contributed by atoms with Crippen molar-refractivity contribution in [2.75, 3.05) is 10.8 Å². The number of hydrogen-bond acceptors (Lipinski definition) is 4. The minimum absolute atomic E-state index is 0.0193. The number of sulfonamides is 1. The summed E-state index contributed by atoms with van der Waals surface area (Å²) in [6.07, 6.45) is -1.26. The maximum atomic E-state index is 14.1. The molecule has 12 heteroatoms. The molecule has 4 rings (SSSR count). The SMILES string of the molecule is Cc1ccc(S(=O)(=O)N(CC(=O)N(Cc2cccc(C)c2)C(C)C(=O)NC2CCCC2)c2ccc(Cl)c(C(F)(F)F)c2)cc1. The lowest BCUT2D eigenvalue weighted by Gasteiger charge is -2.32. The van der Waals surface area contributed by atoms with E-state index in [-0.39, 0.29) is 17.5 Å². The van der Waals surface area contributed by atoms with Gasteiger partial charge in [-0.2, -0.15) is 13.2 Å². The first-order chi connectivity index (χ1) is 20.7. The van der Waals surface area contributed by atoms with Crippen LogP contribution < -0.4 is 9.62 Å². The van der Waals surface area contributed by atoms with Crippen LogP contribution in [0.25, 0.3) is 0 Å². The van der Waals surface area contributed by atoms with E-state index < -0.39 is 56.9 Å². The first kappa shape index (κ1) is 33.3. The Morgan fingerprint density at radius 2 is 1.64 bits per heavy atom. The summed E-state index contributed by atoms with van der Waals surface area (Å²) < 4.78 is 70.0. The number of carbonyl (C=O) groups excluding carboxylic acids is 2. The first-order valence-electron chi connectivity index (χ1n) is 14.3. The number of carbonyl (C=O) groups is 2. The average Bonchev–Trinajstić information content (AvgIpc) is 3.47. The summed E-state index contributed by atoms with van der Waals surface area (Å²) in [6, 6.07) is 14.7. The molecule has 1 atom stereocenters. The van der Waals surface area contributed by atoms with Crippen molar-refractivity contribution in [3.8, 4) is 0 Å². The standard InChI is InChI=1S/C32H35ClF3N3O4S/c1-21-11-14-27(15-12-21)44(42,43)39(26-13-16-29(33)28(18-26)32(34,35)36)20-30(40)38(19-24-8-6-7-22(2)17-24)23(3)31(41)37-25-9-4-5-10-25/h6-8,11-18,23,25H,4-5,9-10,19-20H2,1-3H3,(H,37,41). The second-order valence-electron chi connectivity index (χ2n) is 11.2. The van der Waals surface area contributed by atoms with Crippen molar-refractivity contribution < 1.29 is 31.2 Å². The molecule has 1 fully saturated rings. The number of rotatable bonds is 10. The molecular formula is C32H35ClF3N3O4S. The fourth-order valence-electron chi connectivity index (χ4n) is 5.23. The van der Waals surface area contributed by atoms with Crippen LogP contribution in [-0.2, 0) is 32.3 Å². The molecule has 236 valence electrons. The molecule has 2 amide bonds. The fourth-order valence-corrected chi connectivity index (χ4v) is 6.86. The van der Waals surface area contributed by atoms with E-state index in [0.29, 0.717) is 15.9 Å². The van der Waals surface area contributed by atoms with E-state index in [1.807, 2.05) is 19.1 Å². The summed E-state index contributed by atoms with van der Waals surface area (Å²) in [6.45, 7) is 4.31. The minimum Gasteiger partial charge on any atom is -0.352 e. The first-order valence-corrected chi connectivity index (χ1v) is 16.1. The zero-order valence-corrected chi connectivity index (χ0v) is 26.3. The van der Waals surface area contributed by atoms with Crippen molar-refractivity contribution in [2.24, 2.45) is 0 Å². The van der Waals surface area contributed by atoms with Crippen LogP contribution in [0.5, 0.6) is 0 Å². The van der Waals surface area contributed by atoms with Crippen LogP contribution in [0.15, 0.2) is 71.6 Å². The Labute approximate surface area is 261 Å². The van der Waals surface area contributed by atoms with Crippen molar-refractivity contribution >= 4 is 39.1 Å². The van der Waals surface area contributed by atoms with Crippen molar-refractivity contribution in [2.45, 2.75) is 76.2 Å². The van der Waals surface area contributed by atoms with Gasteiger partial charge in [0.15, 0.2) is 0 Å². The molecule has 0 aliphatic heterocycles. The zero-order valence-electron chi connectivity index (χ0n) is 24.7. The third kappa shape index (κ3) is 7.92. The normalized spacial score (nSPS) is 14.7. The Kier molecular flexibility index (Phi) is 10.3. The number of amides is 2. The summed E-state index contributed by atoms with van der Waals surface area (Å²) >= 11 is 5.83. The highest BCUT2D eigenvalue weighted by Crippen LogP contribution is 2.38. The monoisotopic (exact) mass is 649 g/mol. The molecule has 3 aromatic rings. The van der Waals surface area contributed by atoms with E-state index in [1.54, 1.807) is 38.1 Å². The Hall–Kier alpha value is -3.57. The van der Waals surface area contributed by atoms with Crippen LogP contribution >= 0.6 is 11.6 Å². The second-order valence-corrected chi connectivity index (χ2v) is 13.4. The number of benzene rings is 3. The van der Waals surface area contributed by atoms with Gasteiger partial charge in [-0.05, 0) is 69.5 Å². The van der Waals surface area contributed by atoms with Gasteiger partial charge in [0.1, 0.15) is 12.6 Å². The minimum atomic E-state index is -4.87. The summed E-state index contributed by atoms with van der Waals surface area (Å²) in [5, 5.41) is 2.37. The summed E-state index contributed by atoms with van der Waals surface area (Å²) in [7, 11) is -4.54. The summed E-state index contributed by atoms with van der Waals surface area (Å²) in [5.74, 6) is -1.16. The third-order valence-corrected chi connectivity index (χ3v) is 9.85. The number of anilines is 1. The second kappa shape index (κ2) is 13.6. The Morgan fingerprint density at radius 3 is 2.25 bits per heavy atom. The predicted octanol–water partition coefficient (Wildman–Crippen LogP) is 6.65. The van der Waals surface area contributed by atoms with E-state index in [9.17, 15) is 31.2 Å². The molecule has 0 bridgehead atoms. The van der Waals surface area contributed by atoms with Crippen LogP contribution in [0.4, 0.5) is 18.9 Å². The molecule has 0 spiro atoms. The van der Waals surface area contributed by atoms with Crippen LogP contribution in [0.1, 0.15) is 54.9 Å². The molecule has 0 saturated heterocycles. The van der Waals surface area contributed by atoms with Gasteiger partial charge in [-0.25, -0.2) is 8.42 Å². The van der Waals surface area contributed by atoms with E-state index in [0.717, 1.165) is 48.9 Å². The lowest BCUT2D eigenvalue weighted by molar-refractivity contribution is -0.139.